The highest BCUT2D eigenvalue weighted by atomic mass is 35.5. The lowest BCUT2D eigenvalue weighted by molar-refractivity contribution is 1.28. The molecule has 23 heavy (non-hydrogen) atoms. The Kier molecular flexibility index (Phi) is 3.73. The largest absolute Gasteiger partial charge is 0.245 e. The Morgan fingerprint density at radius 2 is 1.91 bits per heavy atom. The van der Waals surface area contributed by atoms with Crippen molar-refractivity contribution in [2.24, 2.45) is 10.2 Å². The average Bonchev–Trinajstić information content (AvgIpc) is 3.25. The predicted octanol–water partition coefficient (Wildman–Crippen LogP) is 4.70. The fourth-order valence-corrected chi connectivity index (χ4v) is 3.63. The minimum atomic E-state index is 0.460. The van der Waals surface area contributed by atoms with E-state index in [1.54, 1.807) is 17.5 Å². The fraction of sp³-hybridized carbons (Fsp3) is 0.0588. The van der Waals surface area contributed by atoms with Gasteiger partial charge in [-0.25, -0.2) is 9.97 Å². The highest BCUT2D eigenvalue weighted by molar-refractivity contribution is 7.17. The Labute approximate surface area is 142 Å². The second-order valence-electron chi connectivity index (χ2n) is 4.98. The molecule has 0 unspecified atom stereocenters. The van der Waals surface area contributed by atoms with Crippen LogP contribution in [0, 0.1) is 0 Å². The van der Waals surface area contributed by atoms with Crippen LogP contribution in [0.1, 0.15) is 11.3 Å². The first-order valence-corrected chi connectivity index (χ1v) is 8.27. The Hall–Kier alpha value is -2.37. The zero-order valence-corrected chi connectivity index (χ0v) is 13.6. The summed E-state index contributed by atoms with van der Waals surface area (Å²) in [5.41, 5.74) is 3.91. The summed E-state index contributed by atoms with van der Waals surface area (Å²) in [6.45, 7) is 0. The molecule has 6 heteroatoms. The summed E-state index contributed by atoms with van der Waals surface area (Å²) in [5, 5.41) is 9.58. The van der Waals surface area contributed by atoms with E-state index < -0.39 is 0 Å². The highest BCUT2D eigenvalue weighted by Crippen LogP contribution is 2.35. The first-order valence-electron chi connectivity index (χ1n) is 7.08. The van der Waals surface area contributed by atoms with E-state index in [1.165, 1.54) is 0 Å². The van der Waals surface area contributed by atoms with Crippen LogP contribution in [0.2, 0.25) is 5.15 Å². The number of hydrogen-bond donors (Lipinski definition) is 0. The molecule has 1 aliphatic rings. The fourth-order valence-electron chi connectivity index (χ4n) is 2.38. The number of pyridine rings is 1. The van der Waals surface area contributed by atoms with Gasteiger partial charge in [0.15, 0.2) is 0 Å². The van der Waals surface area contributed by atoms with E-state index in [9.17, 15) is 0 Å². The van der Waals surface area contributed by atoms with Gasteiger partial charge in [-0.05, 0) is 12.1 Å². The molecule has 3 aromatic rings. The topological polar surface area (TPSA) is 50.5 Å². The molecule has 2 aromatic heterocycles. The smallest absolute Gasteiger partial charge is 0.129 e. The first-order chi connectivity index (χ1) is 11.3. The molecule has 0 aliphatic carbocycles. The van der Waals surface area contributed by atoms with Crippen LogP contribution in [-0.2, 0) is 0 Å². The molecule has 0 spiro atoms. The van der Waals surface area contributed by atoms with Crippen LogP contribution in [-0.4, -0.2) is 21.9 Å². The maximum absolute atomic E-state index is 6.01. The zero-order valence-electron chi connectivity index (χ0n) is 12.0. The van der Waals surface area contributed by atoms with E-state index in [0.29, 0.717) is 5.15 Å². The second kappa shape index (κ2) is 6.02. The molecule has 0 bridgehead atoms. The Balaban J connectivity index is 1.87. The molecule has 0 amide bonds. The third-order valence-electron chi connectivity index (χ3n) is 3.45. The van der Waals surface area contributed by atoms with Gasteiger partial charge in [-0.3, -0.25) is 0 Å². The van der Waals surface area contributed by atoms with E-state index in [1.807, 2.05) is 36.5 Å². The van der Waals surface area contributed by atoms with E-state index in [4.69, 9.17) is 16.6 Å². The van der Waals surface area contributed by atoms with Gasteiger partial charge in [0, 0.05) is 30.0 Å². The van der Waals surface area contributed by atoms with Gasteiger partial charge in [0.1, 0.15) is 10.2 Å². The quantitative estimate of drug-likeness (QED) is 0.650. The van der Waals surface area contributed by atoms with Crippen molar-refractivity contribution in [3.8, 4) is 21.8 Å². The number of benzene rings is 1. The van der Waals surface area contributed by atoms with Crippen LogP contribution in [0.4, 0.5) is 0 Å². The van der Waals surface area contributed by atoms with Gasteiger partial charge in [-0.1, -0.05) is 41.9 Å². The standard InChI is InChI=1S/C17H11ClN4S/c18-14-10-12(6-8-19-14)17-21-15(11-4-2-1-3-5-11)16(23-17)13-7-9-20-22-13/h1-6,8-10H,7H2. The SMILES string of the molecule is Clc1cc(-c2nc(-c3ccccc3)c(C3=NN=CC3)s2)ccn1. The molecule has 3 heterocycles. The maximum atomic E-state index is 6.01. The van der Waals surface area contributed by atoms with E-state index >= 15 is 0 Å². The number of thiazole rings is 1. The lowest BCUT2D eigenvalue weighted by atomic mass is 10.1. The molecular weight excluding hydrogens is 328 g/mol. The van der Waals surface area contributed by atoms with Crippen molar-refractivity contribution in [1.29, 1.82) is 0 Å². The number of hydrogen-bond acceptors (Lipinski definition) is 5. The summed E-state index contributed by atoms with van der Waals surface area (Å²) >= 11 is 7.61. The van der Waals surface area contributed by atoms with Crippen LogP contribution in [0.5, 0.6) is 0 Å². The van der Waals surface area contributed by atoms with Crippen LogP contribution in [0.3, 0.4) is 0 Å². The monoisotopic (exact) mass is 338 g/mol. The molecule has 0 fully saturated rings. The number of nitrogens with zero attached hydrogens (tertiary/aromatic N) is 4. The molecule has 0 saturated carbocycles. The summed E-state index contributed by atoms with van der Waals surface area (Å²) in [6, 6.07) is 13.9. The van der Waals surface area contributed by atoms with Crippen molar-refractivity contribution in [1.82, 2.24) is 9.97 Å². The minimum Gasteiger partial charge on any atom is -0.245 e. The number of rotatable bonds is 3. The molecular formula is C17H11ClN4S. The van der Waals surface area contributed by atoms with E-state index in [0.717, 1.165) is 38.8 Å². The lowest BCUT2D eigenvalue weighted by Crippen LogP contribution is -1.97. The first kappa shape index (κ1) is 14.2. The summed E-state index contributed by atoms with van der Waals surface area (Å²) < 4.78 is 0. The highest BCUT2D eigenvalue weighted by Gasteiger charge is 2.20. The van der Waals surface area contributed by atoms with Crippen LogP contribution in [0.15, 0.2) is 58.9 Å². The molecule has 0 saturated heterocycles. The predicted molar refractivity (Wildman–Crippen MR) is 95.4 cm³/mol. The van der Waals surface area contributed by atoms with Gasteiger partial charge in [-0.2, -0.15) is 10.2 Å². The van der Waals surface area contributed by atoms with Gasteiger partial charge >= 0.3 is 0 Å². The van der Waals surface area contributed by atoms with Crippen molar-refractivity contribution in [3.63, 3.8) is 0 Å². The van der Waals surface area contributed by atoms with Crippen molar-refractivity contribution < 1.29 is 0 Å². The van der Waals surface area contributed by atoms with Crippen LogP contribution >= 0.6 is 22.9 Å². The normalized spacial score (nSPS) is 13.3. The van der Waals surface area contributed by atoms with Gasteiger partial charge < -0.3 is 0 Å². The summed E-state index contributed by atoms with van der Waals surface area (Å²) in [7, 11) is 0. The molecule has 1 aliphatic heterocycles. The Bertz CT molecular complexity index is 915. The van der Waals surface area contributed by atoms with Gasteiger partial charge in [0.2, 0.25) is 0 Å². The average molecular weight is 339 g/mol. The second-order valence-corrected chi connectivity index (χ2v) is 6.37. The van der Waals surface area contributed by atoms with E-state index in [2.05, 4.69) is 27.3 Å². The maximum Gasteiger partial charge on any atom is 0.129 e. The summed E-state index contributed by atoms with van der Waals surface area (Å²) in [5.74, 6) is 0. The van der Waals surface area contributed by atoms with Crippen molar-refractivity contribution in [3.05, 3.63) is 58.7 Å². The molecule has 1 aromatic carbocycles. The molecule has 0 radical (unpaired) electrons. The van der Waals surface area contributed by atoms with Crippen LogP contribution < -0.4 is 0 Å². The Morgan fingerprint density at radius 1 is 1.04 bits per heavy atom. The third kappa shape index (κ3) is 2.81. The number of halogens is 1. The zero-order chi connectivity index (χ0) is 15.6. The van der Waals surface area contributed by atoms with E-state index in [-0.39, 0.29) is 0 Å². The van der Waals surface area contributed by atoms with Gasteiger partial charge in [0.05, 0.1) is 16.3 Å². The molecule has 112 valence electrons. The lowest BCUT2D eigenvalue weighted by Gasteiger charge is -2.00. The molecule has 0 atom stereocenters. The third-order valence-corrected chi connectivity index (χ3v) is 4.81. The Morgan fingerprint density at radius 3 is 2.65 bits per heavy atom. The number of aromatic nitrogens is 2. The van der Waals surface area contributed by atoms with Crippen molar-refractivity contribution in [2.75, 3.05) is 0 Å². The molecule has 4 nitrogen and oxygen atoms in total. The molecule has 0 N–H and O–H groups in total. The molecule has 4 rings (SSSR count). The van der Waals surface area contributed by atoms with Gasteiger partial charge in [-0.15, -0.1) is 11.3 Å². The van der Waals surface area contributed by atoms with Crippen molar-refractivity contribution in [2.45, 2.75) is 6.42 Å². The summed E-state index contributed by atoms with van der Waals surface area (Å²) in [6.07, 6.45) is 4.24. The van der Waals surface area contributed by atoms with Crippen molar-refractivity contribution >= 4 is 34.9 Å². The minimum absolute atomic E-state index is 0.460. The summed E-state index contributed by atoms with van der Waals surface area (Å²) in [4.78, 5) is 9.91. The van der Waals surface area contributed by atoms with Crippen LogP contribution in [0.25, 0.3) is 21.8 Å². The van der Waals surface area contributed by atoms with Gasteiger partial charge in [0.25, 0.3) is 0 Å².